The Morgan fingerprint density at radius 2 is 1.35 bits per heavy atom. The Hall–Kier alpha value is -0.400. The first-order chi connectivity index (χ1) is 10.8. The lowest BCUT2D eigenvalue weighted by molar-refractivity contribution is -0.326. The quantitative estimate of drug-likeness (QED) is 0.247. The van der Waals surface area contributed by atoms with Crippen molar-refractivity contribution in [2.75, 3.05) is 13.2 Å². The number of rotatable bonds is 4. The first-order valence-electron chi connectivity index (χ1n) is 7.42. The Balaban J connectivity index is 2.07. The minimum Gasteiger partial charge on any atom is -0.396 e. The second kappa shape index (κ2) is 7.66. The van der Waals surface area contributed by atoms with Crippen LogP contribution in [0.1, 0.15) is 6.42 Å². The first-order valence-corrected chi connectivity index (χ1v) is 7.42. The van der Waals surface area contributed by atoms with Crippen molar-refractivity contribution in [3.8, 4) is 0 Å². The van der Waals surface area contributed by atoms with Crippen molar-refractivity contribution in [2.45, 2.75) is 61.5 Å². The number of hydrogen-bond donors (Lipinski definition) is 8. The second-order valence-electron chi connectivity index (χ2n) is 6.02. The Morgan fingerprint density at radius 3 is 1.91 bits per heavy atom. The molecule has 23 heavy (non-hydrogen) atoms. The molecule has 2 rings (SSSR count). The number of hydrogen-bond acceptors (Lipinski definition) is 10. The number of aliphatic hydroxyl groups excluding tert-OH is 8. The molecule has 0 amide bonds. The topological polar surface area (TPSA) is 180 Å². The summed E-state index contributed by atoms with van der Waals surface area (Å²) in [6.45, 7) is -1.07. The minimum atomic E-state index is -1.64. The summed E-state index contributed by atoms with van der Waals surface area (Å²) in [5.74, 6) is -0.747. The van der Waals surface area contributed by atoms with E-state index in [0.717, 1.165) is 0 Å². The summed E-state index contributed by atoms with van der Waals surface area (Å²) >= 11 is 0. The van der Waals surface area contributed by atoms with Crippen LogP contribution in [0.15, 0.2) is 0 Å². The molecule has 0 radical (unpaired) electrons. The predicted molar refractivity (Wildman–Crippen MR) is 71.9 cm³/mol. The van der Waals surface area contributed by atoms with E-state index >= 15 is 0 Å². The molecular formula is C13H24O10. The zero-order chi connectivity index (χ0) is 17.3. The van der Waals surface area contributed by atoms with Crippen LogP contribution in [-0.4, -0.2) is 109 Å². The maximum absolute atomic E-state index is 9.96. The Morgan fingerprint density at radius 1 is 0.739 bits per heavy atom. The van der Waals surface area contributed by atoms with E-state index in [-0.39, 0.29) is 6.42 Å². The molecule has 1 aliphatic heterocycles. The van der Waals surface area contributed by atoms with Crippen LogP contribution in [-0.2, 0) is 9.47 Å². The third-order valence-electron chi connectivity index (χ3n) is 4.49. The van der Waals surface area contributed by atoms with E-state index in [1.165, 1.54) is 0 Å². The number of aliphatic hydroxyl groups is 8. The Bertz CT molecular complexity index is 344. The van der Waals surface area contributed by atoms with Crippen LogP contribution in [0.25, 0.3) is 0 Å². The van der Waals surface area contributed by atoms with Gasteiger partial charge in [-0.25, -0.2) is 0 Å². The van der Waals surface area contributed by atoms with Crippen molar-refractivity contribution in [1.29, 1.82) is 0 Å². The fourth-order valence-electron chi connectivity index (χ4n) is 2.95. The van der Waals surface area contributed by atoms with Gasteiger partial charge in [0.15, 0.2) is 6.29 Å². The molecule has 10 nitrogen and oxygen atoms in total. The van der Waals surface area contributed by atoms with Crippen molar-refractivity contribution in [1.82, 2.24) is 0 Å². The largest absolute Gasteiger partial charge is 0.396 e. The summed E-state index contributed by atoms with van der Waals surface area (Å²) in [6, 6.07) is 0. The van der Waals surface area contributed by atoms with Crippen LogP contribution in [0.4, 0.5) is 0 Å². The van der Waals surface area contributed by atoms with E-state index in [1.54, 1.807) is 0 Å². The summed E-state index contributed by atoms with van der Waals surface area (Å²) in [5.41, 5.74) is 0. The van der Waals surface area contributed by atoms with E-state index in [1.807, 2.05) is 0 Å². The van der Waals surface area contributed by atoms with Gasteiger partial charge in [-0.1, -0.05) is 0 Å². The monoisotopic (exact) mass is 340 g/mol. The molecule has 0 aromatic rings. The van der Waals surface area contributed by atoms with E-state index < -0.39 is 74.3 Å². The zero-order valence-corrected chi connectivity index (χ0v) is 12.3. The van der Waals surface area contributed by atoms with Gasteiger partial charge in [-0.15, -0.1) is 0 Å². The summed E-state index contributed by atoms with van der Waals surface area (Å²) in [6.07, 6.45) is -12.9. The smallest absolute Gasteiger partial charge is 0.187 e. The molecule has 2 aliphatic rings. The van der Waals surface area contributed by atoms with Gasteiger partial charge in [-0.05, 0) is 6.42 Å². The summed E-state index contributed by atoms with van der Waals surface area (Å²) in [5, 5.41) is 77.1. The molecule has 1 aliphatic carbocycles. The van der Waals surface area contributed by atoms with Crippen LogP contribution in [0.3, 0.4) is 0 Å². The molecule has 0 unspecified atom stereocenters. The standard InChI is InChI=1S/C13H24O10/c14-2-4-1-5(8(17)10(19)7(4)16)22-13-12(21)11(20)9(18)6(3-15)23-13/h4-21H,1-3H2/t4-,5+,6+,7+,8+,9+,10+,11-,12-,13-/m1/s1. The van der Waals surface area contributed by atoms with E-state index in [2.05, 4.69) is 0 Å². The van der Waals surface area contributed by atoms with Crippen LogP contribution in [0, 0.1) is 5.92 Å². The van der Waals surface area contributed by atoms with Gasteiger partial charge in [-0.3, -0.25) is 0 Å². The van der Waals surface area contributed by atoms with Gasteiger partial charge in [0.2, 0.25) is 0 Å². The number of ether oxygens (including phenoxy) is 2. The van der Waals surface area contributed by atoms with Crippen LogP contribution in [0.2, 0.25) is 0 Å². The highest BCUT2D eigenvalue weighted by molar-refractivity contribution is 4.95. The molecule has 136 valence electrons. The highest BCUT2D eigenvalue weighted by Gasteiger charge is 2.48. The van der Waals surface area contributed by atoms with E-state index in [4.69, 9.17) is 14.6 Å². The lowest BCUT2D eigenvalue weighted by atomic mass is 9.81. The van der Waals surface area contributed by atoms with Gasteiger partial charge in [0.1, 0.15) is 36.6 Å². The van der Waals surface area contributed by atoms with Gasteiger partial charge in [-0.2, -0.15) is 0 Å². The average Bonchev–Trinajstić information content (AvgIpc) is 2.55. The van der Waals surface area contributed by atoms with Gasteiger partial charge < -0.3 is 50.3 Å². The molecule has 1 saturated carbocycles. The fraction of sp³-hybridized carbons (Fsp3) is 1.00. The van der Waals surface area contributed by atoms with Crippen LogP contribution < -0.4 is 0 Å². The third kappa shape index (κ3) is 3.66. The van der Waals surface area contributed by atoms with Gasteiger partial charge in [0, 0.05) is 12.5 Å². The molecule has 1 saturated heterocycles. The summed E-state index contributed by atoms with van der Waals surface area (Å²) in [4.78, 5) is 0. The lowest BCUT2D eigenvalue weighted by Gasteiger charge is -2.44. The van der Waals surface area contributed by atoms with Gasteiger partial charge in [0.05, 0.1) is 18.8 Å². The highest BCUT2D eigenvalue weighted by atomic mass is 16.7. The first kappa shape index (κ1) is 18.9. The molecule has 10 atom stereocenters. The zero-order valence-electron chi connectivity index (χ0n) is 12.3. The molecule has 10 heteroatoms. The maximum atomic E-state index is 9.96. The Labute approximate surface area is 132 Å². The summed E-state index contributed by atoms with van der Waals surface area (Å²) in [7, 11) is 0. The van der Waals surface area contributed by atoms with Crippen molar-refractivity contribution >= 4 is 0 Å². The summed E-state index contributed by atoms with van der Waals surface area (Å²) < 4.78 is 10.5. The molecular weight excluding hydrogens is 316 g/mol. The maximum Gasteiger partial charge on any atom is 0.187 e. The molecule has 0 spiro atoms. The van der Waals surface area contributed by atoms with Gasteiger partial charge >= 0.3 is 0 Å². The predicted octanol–water partition coefficient (Wildman–Crippen LogP) is -4.73. The lowest BCUT2D eigenvalue weighted by Crippen LogP contribution is -2.62. The van der Waals surface area contributed by atoms with Crippen molar-refractivity contribution in [3.63, 3.8) is 0 Å². The SMILES string of the molecule is OC[C@H]1C[C@H](O[C@@H]2O[C@@H](CO)[C@H](O)[C@@H](O)[C@H]2O)[C@H](O)[C@@H](O)[C@H]1O. The highest BCUT2D eigenvalue weighted by Crippen LogP contribution is 2.31. The van der Waals surface area contributed by atoms with Crippen LogP contribution >= 0.6 is 0 Å². The third-order valence-corrected chi connectivity index (χ3v) is 4.49. The second-order valence-corrected chi connectivity index (χ2v) is 6.02. The molecule has 1 heterocycles. The fourth-order valence-corrected chi connectivity index (χ4v) is 2.95. The van der Waals surface area contributed by atoms with Crippen molar-refractivity contribution < 1.29 is 50.3 Å². The Kier molecular flexibility index (Phi) is 6.30. The normalized spacial score (nSPS) is 51.7. The molecule has 0 aromatic carbocycles. The van der Waals surface area contributed by atoms with Crippen LogP contribution in [0.5, 0.6) is 0 Å². The molecule has 8 N–H and O–H groups in total. The average molecular weight is 340 g/mol. The molecule has 0 bridgehead atoms. The minimum absolute atomic E-state index is 0.0229. The van der Waals surface area contributed by atoms with E-state index in [0.29, 0.717) is 0 Å². The molecule has 2 fully saturated rings. The van der Waals surface area contributed by atoms with Crippen molar-refractivity contribution in [2.24, 2.45) is 5.92 Å². The van der Waals surface area contributed by atoms with E-state index in [9.17, 15) is 35.7 Å². The van der Waals surface area contributed by atoms with Crippen molar-refractivity contribution in [3.05, 3.63) is 0 Å². The molecule has 0 aromatic heterocycles. The van der Waals surface area contributed by atoms with Gasteiger partial charge in [0.25, 0.3) is 0 Å².